The molecule has 9 nitrogen and oxygen atoms in total. The van der Waals surface area contributed by atoms with Gasteiger partial charge in [-0.25, -0.2) is 4.98 Å². The third-order valence-corrected chi connectivity index (χ3v) is 6.24. The molecule has 0 spiro atoms. The van der Waals surface area contributed by atoms with Gasteiger partial charge < -0.3 is 41.0 Å². The molecule has 1 aliphatic rings. The highest BCUT2D eigenvalue weighted by Gasteiger charge is 2.42. The maximum Gasteiger partial charge on any atom is 0.213 e. The van der Waals surface area contributed by atoms with E-state index >= 15 is 0 Å². The fraction of sp³-hybridized carbons (Fsp3) is 0.286. The molecule has 2 heterocycles. The molecule has 1 aromatic heterocycles. The maximum atomic E-state index is 10.3. The Bertz CT molecular complexity index is 1320. The number of rotatable bonds is 6. The molecule has 2 aromatic carbocycles. The van der Waals surface area contributed by atoms with Gasteiger partial charge in [-0.3, -0.25) is 0 Å². The normalized spacial score (nSPS) is 23.1. The first-order chi connectivity index (χ1) is 17.8. The second kappa shape index (κ2) is 11.5. The SMILES string of the molecule is Cc1cc(OCc2ccccc2)ncc1-c1cc(C#CC2OC(CO)[C@@H](O)C(O)C2O)c(N)c(C=N)c1. The quantitative estimate of drug-likeness (QED) is 0.167. The van der Waals surface area contributed by atoms with Crippen LogP contribution in [0.1, 0.15) is 22.3 Å². The molecule has 37 heavy (non-hydrogen) atoms. The zero-order valence-corrected chi connectivity index (χ0v) is 20.2. The lowest BCUT2D eigenvalue weighted by Crippen LogP contribution is -2.58. The van der Waals surface area contributed by atoms with Gasteiger partial charge in [-0.05, 0) is 35.7 Å². The first-order valence-electron chi connectivity index (χ1n) is 11.7. The van der Waals surface area contributed by atoms with Crippen molar-refractivity contribution in [2.45, 2.75) is 44.1 Å². The average Bonchev–Trinajstić information content (AvgIpc) is 2.91. The highest BCUT2D eigenvalue weighted by atomic mass is 16.5. The molecule has 9 heteroatoms. The van der Waals surface area contributed by atoms with E-state index in [2.05, 4.69) is 16.8 Å². The summed E-state index contributed by atoms with van der Waals surface area (Å²) in [6, 6.07) is 15.1. The van der Waals surface area contributed by atoms with Crippen LogP contribution in [0.2, 0.25) is 0 Å². The number of pyridine rings is 1. The van der Waals surface area contributed by atoms with Gasteiger partial charge in [0.05, 0.1) is 12.3 Å². The van der Waals surface area contributed by atoms with Crippen molar-refractivity contribution in [3.05, 3.63) is 77.0 Å². The van der Waals surface area contributed by atoms with Crippen LogP contribution >= 0.6 is 0 Å². The molecule has 0 aliphatic carbocycles. The number of hydrogen-bond acceptors (Lipinski definition) is 9. The van der Waals surface area contributed by atoms with E-state index in [4.69, 9.17) is 20.6 Å². The van der Waals surface area contributed by atoms with Crippen LogP contribution in [0.15, 0.2) is 54.7 Å². The van der Waals surface area contributed by atoms with Crippen LogP contribution in [-0.2, 0) is 11.3 Å². The number of ether oxygens (including phenoxy) is 2. The number of hydrogen-bond donors (Lipinski definition) is 6. The van der Waals surface area contributed by atoms with Crippen molar-refractivity contribution in [3.8, 4) is 28.8 Å². The molecule has 1 fully saturated rings. The minimum atomic E-state index is -1.53. The Morgan fingerprint density at radius 2 is 1.86 bits per heavy atom. The van der Waals surface area contributed by atoms with E-state index in [1.165, 1.54) is 0 Å². The Hall–Kier alpha value is -3.78. The molecule has 4 unspecified atom stereocenters. The topological polar surface area (TPSA) is 162 Å². The average molecular weight is 504 g/mol. The molecular weight excluding hydrogens is 474 g/mol. The molecule has 0 bridgehead atoms. The summed E-state index contributed by atoms with van der Waals surface area (Å²) in [5.41, 5.74) is 10.8. The maximum absolute atomic E-state index is 10.3. The number of anilines is 1. The van der Waals surface area contributed by atoms with Crippen molar-refractivity contribution < 1.29 is 29.9 Å². The van der Waals surface area contributed by atoms with Crippen LogP contribution < -0.4 is 10.5 Å². The zero-order chi connectivity index (χ0) is 26.5. The van der Waals surface area contributed by atoms with E-state index in [1.54, 1.807) is 18.3 Å². The van der Waals surface area contributed by atoms with Crippen molar-refractivity contribution in [3.63, 3.8) is 0 Å². The third-order valence-electron chi connectivity index (χ3n) is 6.24. The summed E-state index contributed by atoms with van der Waals surface area (Å²) in [4.78, 5) is 4.43. The Morgan fingerprint density at radius 3 is 2.54 bits per heavy atom. The van der Waals surface area contributed by atoms with Gasteiger partial charge in [-0.15, -0.1) is 0 Å². The van der Waals surface area contributed by atoms with Crippen LogP contribution in [0.4, 0.5) is 5.69 Å². The summed E-state index contributed by atoms with van der Waals surface area (Å²) in [5.74, 6) is 6.08. The fourth-order valence-electron chi connectivity index (χ4n) is 4.07. The van der Waals surface area contributed by atoms with Crippen molar-refractivity contribution in [2.24, 2.45) is 0 Å². The summed E-state index contributed by atoms with van der Waals surface area (Å²) < 4.78 is 11.3. The largest absolute Gasteiger partial charge is 0.473 e. The second-order valence-electron chi connectivity index (χ2n) is 8.80. The lowest BCUT2D eigenvalue weighted by molar-refractivity contribution is -0.214. The van der Waals surface area contributed by atoms with Gasteiger partial charge >= 0.3 is 0 Å². The number of nitrogen functional groups attached to an aromatic ring is 1. The van der Waals surface area contributed by atoms with Crippen LogP contribution in [0.3, 0.4) is 0 Å². The Kier molecular flexibility index (Phi) is 8.18. The minimum Gasteiger partial charge on any atom is -0.473 e. The van der Waals surface area contributed by atoms with Crippen molar-refractivity contribution in [2.75, 3.05) is 12.3 Å². The lowest BCUT2D eigenvalue weighted by Gasteiger charge is -2.37. The summed E-state index contributed by atoms with van der Waals surface area (Å²) in [5, 5.41) is 47.4. The molecule has 1 saturated heterocycles. The molecule has 1 aliphatic heterocycles. The number of aryl methyl sites for hydroxylation is 1. The van der Waals surface area contributed by atoms with E-state index in [0.29, 0.717) is 23.6 Å². The van der Waals surface area contributed by atoms with Gasteiger partial charge in [0.1, 0.15) is 37.1 Å². The van der Waals surface area contributed by atoms with Crippen LogP contribution in [0, 0.1) is 24.2 Å². The summed E-state index contributed by atoms with van der Waals surface area (Å²) in [6.45, 7) is 1.77. The number of aromatic nitrogens is 1. The van der Waals surface area contributed by atoms with E-state index < -0.39 is 37.1 Å². The van der Waals surface area contributed by atoms with Gasteiger partial charge in [0, 0.05) is 35.2 Å². The predicted molar refractivity (Wildman–Crippen MR) is 138 cm³/mol. The number of nitrogens with two attached hydrogens (primary N) is 1. The van der Waals surface area contributed by atoms with Crippen LogP contribution in [0.25, 0.3) is 11.1 Å². The molecule has 4 rings (SSSR count). The van der Waals surface area contributed by atoms with Gasteiger partial charge in [0.25, 0.3) is 0 Å². The lowest BCUT2D eigenvalue weighted by atomic mass is 9.94. The molecular formula is C28H29N3O6. The van der Waals surface area contributed by atoms with Crippen LogP contribution in [-0.4, -0.2) is 68.8 Å². The summed E-state index contributed by atoms with van der Waals surface area (Å²) in [7, 11) is 0. The number of aliphatic hydroxyl groups is 4. The number of aliphatic hydroxyl groups excluding tert-OH is 4. The molecule has 0 saturated carbocycles. The number of nitrogens with one attached hydrogen (secondary N) is 1. The standard InChI is InChI=1S/C28H29N3O6/c1-16-9-24(36-15-17-5-3-2-4-6-17)31-13-21(16)19-10-18(25(30)20(11-19)12-29)7-8-22-26(33)28(35)27(34)23(14-32)37-22/h2-6,9-13,22-23,26-29,32-35H,14-15,30H2,1H3/t22?,23?,26?,27-,28?/m1/s1. The predicted octanol–water partition coefficient (Wildman–Crippen LogP) is 1.41. The van der Waals surface area contributed by atoms with Crippen LogP contribution in [0.5, 0.6) is 5.88 Å². The Balaban J connectivity index is 1.61. The first kappa shape index (κ1) is 26.3. The van der Waals surface area contributed by atoms with Crippen molar-refractivity contribution >= 4 is 11.9 Å². The highest BCUT2D eigenvalue weighted by Crippen LogP contribution is 2.30. The van der Waals surface area contributed by atoms with Gasteiger partial charge in [-0.2, -0.15) is 0 Å². The van der Waals surface area contributed by atoms with Gasteiger partial charge in [0.15, 0.2) is 0 Å². The number of benzene rings is 2. The molecule has 3 aromatic rings. The minimum absolute atomic E-state index is 0.268. The summed E-state index contributed by atoms with van der Waals surface area (Å²) in [6.07, 6.45) is -3.89. The third kappa shape index (κ3) is 5.80. The molecule has 0 amide bonds. The van der Waals surface area contributed by atoms with Gasteiger partial charge in [0.2, 0.25) is 5.88 Å². The second-order valence-corrected chi connectivity index (χ2v) is 8.80. The van der Waals surface area contributed by atoms with Crippen molar-refractivity contribution in [1.82, 2.24) is 4.98 Å². The molecule has 7 N–H and O–H groups in total. The molecule has 5 atom stereocenters. The highest BCUT2D eigenvalue weighted by molar-refractivity contribution is 5.90. The Labute approximate surface area is 214 Å². The summed E-state index contributed by atoms with van der Waals surface area (Å²) >= 11 is 0. The van der Waals surface area contributed by atoms with E-state index in [1.807, 2.05) is 43.3 Å². The number of nitrogens with zero attached hydrogens (tertiary/aromatic N) is 1. The van der Waals surface area contributed by atoms with E-state index in [9.17, 15) is 20.4 Å². The fourth-order valence-corrected chi connectivity index (χ4v) is 4.07. The molecule has 0 radical (unpaired) electrons. The zero-order valence-electron chi connectivity index (χ0n) is 20.2. The van der Waals surface area contributed by atoms with Gasteiger partial charge in [-0.1, -0.05) is 42.2 Å². The monoisotopic (exact) mass is 503 g/mol. The first-order valence-corrected chi connectivity index (χ1v) is 11.7. The van der Waals surface area contributed by atoms with E-state index in [-0.39, 0.29) is 5.69 Å². The van der Waals surface area contributed by atoms with Crippen molar-refractivity contribution in [1.29, 1.82) is 5.41 Å². The smallest absolute Gasteiger partial charge is 0.213 e. The Morgan fingerprint density at radius 1 is 1.11 bits per heavy atom. The van der Waals surface area contributed by atoms with E-state index in [0.717, 1.165) is 28.5 Å². The molecule has 192 valence electrons.